The van der Waals surface area contributed by atoms with Crippen LogP contribution < -0.4 is 4.74 Å². The molecule has 0 saturated heterocycles. The Morgan fingerprint density at radius 1 is 0.958 bits per heavy atom. The Labute approximate surface area is 276 Å². The Morgan fingerprint density at radius 2 is 1.71 bits per heavy atom. The first-order chi connectivity index (χ1) is 23.5. The number of aromatic amines is 2. The van der Waals surface area contributed by atoms with Crippen LogP contribution in [-0.4, -0.2) is 44.2 Å². The maximum absolute atomic E-state index is 14.0. The predicted octanol–water partition coefficient (Wildman–Crippen LogP) is 7.39. The number of nitrogens with zero attached hydrogens (tertiary/aromatic N) is 4. The SMILES string of the molecule is CCCC(c1cccnc1)C(C#N)c1c[nH]c2ccc(OC(=O)C(OC)/C(=C(\C#N)c3c[nH]c4ccc(O)cc34)c3cccnc3)cc12. The minimum absolute atomic E-state index is 0.0332. The first kappa shape index (κ1) is 31.7. The number of fused-ring (bicyclic) bond motifs is 2. The van der Waals surface area contributed by atoms with Gasteiger partial charge in [-0.05, 0) is 66.1 Å². The molecule has 3 unspecified atom stereocenters. The minimum Gasteiger partial charge on any atom is -0.508 e. The van der Waals surface area contributed by atoms with Gasteiger partial charge in [-0.3, -0.25) is 9.97 Å². The summed E-state index contributed by atoms with van der Waals surface area (Å²) in [6.07, 6.45) is 10.5. The van der Waals surface area contributed by atoms with Crippen molar-refractivity contribution in [2.45, 2.75) is 37.7 Å². The molecule has 6 aromatic rings. The number of nitriles is 2. The van der Waals surface area contributed by atoms with Gasteiger partial charge in [0.1, 0.15) is 17.6 Å². The third-order valence-electron chi connectivity index (χ3n) is 8.49. The monoisotopic (exact) mass is 636 g/mol. The number of methoxy groups -OCH3 is 1. The van der Waals surface area contributed by atoms with E-state index in [1.807, 2.05) is 18.3 Å². The molecule has 10 nitrogen and oxygen atoms in total. The molecule has 238 valence electrons. The topological polar surface area (TPSA) is 161 Å². The van der Waals surface area contributed by atoms with E-state index < -0.39 is 18.0 Å². The summed E-state index contributed by atoms with van der Waals surface area (Å²) in [5.74, 6) is -1.03. The van der Waals surface area contributed by atoms with Crippen molar-refractivity contribution in [2.24, 2.45) is 0 Å². The van der Waals surface area contributed by atoms with Crippen molar-refractivity contribution in [2.75, 3.05) is 7.11 Å². The number of ether oxygens (including phenoxy) is 2. The van der Waals surface area contributed by atoms with Crippen LogP contribution in [0, 0.1) is 22.7 Å². The summed E-state index contributed by atoms with van der Waals surface area (Å²) in [6.45, 7) is 2.09. The highest BCUT2D eigenvalue weighted by Crippen LogP contribution is 2.40. The molecule has 3 atom stereocenters. The van der Waals surface area contributed by atoms with Crippen molar-refractivity contribution in [3.05, 3.63) is 120 Å². The summed E-state index contributed by atoms with van der Waals surface area (Å²) in [5.41, 5.74) is 4.66. The van der Waals surface area contributed by atoms with Crippen molar-refractivity contribution >= 4 is 38.9 Å². The van der Waals surface area contributed by atoms with Gasteiger partial charge in [0, 0.05) is 88.7 Å². The zero-order chi connectivity index (χ0) is 33.6. The number of phenolic OH excluding ortho intramolecular Hbond substituents is 1. The average molecular weight is 637 g/mol. The molecule has 0 amide bonds. The number of phenols is 1. The average Bonchev–Trinajstić information content (AvgIpc) is 3.73. The molecule has 0 radical (unpaired) electrons. The van der Waals surface area contributed by atoms with Gasteiger partial charge in [0.15, 0.2) is 6.10 Å². The minimum atomic E-state index is -1.32. The van der Waals surface area contributed by atoms with Crippen molar-refractivity contribution in [3.63, 3.8) is 0 Å². The number of carbonyl (C=O) groups is 1. The number of hydrogen-bond donors (Lipinski definition) is 3. The van der Waals surface area contributed by atoms with Gasteiger partial charge in [-0.25, -0.2) is 4.79 Å². The van der Waals surface area contributed by atoms with Crippen molar-refractivity contribution in [1.29, 1.82) is 10.5 Å². The maximum Gasteiger partial charge on any atom is 0.345 e. The van der Waals surface area contributed by atoms with Gasteiger partial charge in [-0.1, -0.05) is 25.5 Å². The lowest BCUT2D eigenvalue weighted by Crippen LogP contribution is -2.30. The van der Waals surface area contributed by atoms with E-state index in [0.29, 0.717) is 22.0 Å². The quantitative estimate of drug-likeness (QED) is 0.0753. The summed E-state index contributed by atoms with van der Waals surface area (Å²) >= 11 is 0. The molecule has 6 rings (SSSR count). The first-order valence-electron chi connectivity index (χ1n) is 15.5. The molecule has 0 spiro atoms. The van der Waals surface area contributed by atoms with Crippen LogP contribution in [-0.2, 0) is 9.53 Å². The lowest BCUT2D eigenvalue weighted by Gasteiger charge is -2.22. The van der Waals surface area contributed by atoms with Crippen molar-refractivity contribution in [1.82, 2.24) is 19.9 Å². The normalized spacial score (nSPS) is 13.7. The number of allylic oxidation sites excluding steroid dienone is 1. The molecule has 4 heterocycles. The fourth-order valence-corrected chi connectivity index (χ4v) is 6.28. The highest BCUT2D eigenvalue weighted by Gasteiger charge is 2.32. The molecule has 3 N–H and O–H groups in total. The summed E-state index contributed by atoms with van der Waals surface area (Å²) in [6, 6.07) is 22.1. The number of aromatic hydroxyl groups is 1. The van der Waals surface area contributed by atoms with Crippen LogP contribution in [0.1, 0.15) is 53.9 Å². The molecule has 0 aliphatic heterocycles. The molecular formula is C38H32N6O4. The number of nitrogens with one attached hydrogen (secondary N) is 2. The fourth-order valence-electron chi connectivity index (χ4n) is 6.28. The second-order valence-corrected chi connectivity index (χ2v) is 11.4. The summed E-state index contributed by atoms with van der Waals surface area (Å²) in [5, 5.41) is 32.4. The molecule has 48 heavy (non-hydrogen) atoms. The van der Waals surface area contributed by atoms with Crippen LogP contribution in [0.25, 0.3) is 33.0 Å². The lowest BCUT2D eigenvalue weighted by atomic mass is 9.80. The van der Waals surface area contributed by atoms with Gasteiger partial charge in [0.2, 0.25) is 0 Å². The van der Waals surface area contributed by atoms with Crippen LogP contribution in [0.5, 0.6) is 11.5 Å². The third kappa shape index (κ3) is 6.13. The first-order valence-corrected chi connectivity index (χ1v) is 15.5. The number of benzene rings is 2. The second kappa shape index (κ2) is 14.0. The Kier molecular flexibility index (Phi) is 9.28. The van der Waals surface area contributed by atoms with E-state index in [1.165, 1.54) is 7.11 Å². The van der Waals surface area contributed by atoms with Crippen LogP contribution in [0.4, 0.5) is 0 Å². The number of pyridine rings is 2. The maximum atomic E-state index is 14.0. The van der Waals surface area contributed by atoms with E-state index in [1.54, 1.807) is 79.5 Å². The van der Waals surface area contributed by atoms with Gasteiger partial charge in [-0.15, -0.1) is 0 Å². The van der Waals surface area contributed by atoms with Gasteiger partial charge >= 0.3 is 5.97 Å². The zero-order valence-corrected chi connectivity index (χ0v) is 26.3. The molecule has 0 saturated carbocycles. The van der Waals surface area contributed by atoms with E-state index >= 15 is 0 Å². The zero-order valence-electron chi connectivity index (χ0n) is 26.3. The molecule has 0 fully saturated rings. The highest BCUT2D eigenvalue weighted by atomic mass is 16.6. The summed E-state index contributed by atoms with van der Waals surface area (Å²) < 4.78 is 11.7. The van der Waals surface area contributed by atoms with Gasteiger partial charge in [0.25, 0.3) is 0 Å². The molecular weight excluding hydrogens is 604 g/mol. The largest absolute Gasteiger partial charge is 0.508 e. The van der Waals surface area contributed by atoms with E-state index in [4.69, 9.17) is 9.47 Å². The number of H-pyrrole nitrogens is 2. The molecule has 0 aliphatic rings. The molecule has 4 aromatic heterocycles. The van der Waals surface area contributed by atoms with Crippen molar-refractivity contribution in [3.8, 4) is 23.6 Å². The number of rotatable bonds is 11. The van der Waals surface area contributed by atoms with E-state index in [0.717, 1.165) is 34.9 Å². The van der Waals surface area contributed by atoms with E-state index in [-0.39, 0.29) is 28.6 Å². The van der Waals surface area contributed by atoms with Crippen LogP contribution in [0.3, 0.4) is 0 Å². The Balaban J connectivity index is 1.39. The fraction of sp³-hybridized carbons (Fsp3) is 0.184. The van der Waals surface area contributed by atoms with Gasteiger partial charge in [0.05, 0.1) is 17.6 Å². The predicted molar refractivity (Wildman–Crippen MR) is 182 cm³/mol. The van der Waals surface area contributed by atoms with E-state index in [9.17, 15) is 20.4 Å². The summed E-state index contributed by atoms with van der Waals surface area (Å²) in [4.78, 5) is 28.9. The molecule has 0 aliphatic carbocycles. The number of esters is 1. The lowest BCUT2D eigenvalue weighted by molar-refractivity contribution is -0.142. The highest BCUT2D eigenvalue weighted by molar-refractivity contribution is 6.10. The second-order valence-electron chi connectivity index (χ2n) is 11.4. The molecule has 0 bridgehead atoms. The smallest absolute Gasteiger partial charge is 0.345 e. The van der Waals surface area contributed by atoms with Crippen LogP contribution in [0.15, 0.2) is 97.8 Å². The van der Waals surface area contributed by atoms with E-state index in [2.05, 4.69) is 39.0 Å². The van der Waals surface area contributed by atoms with Crippen molar-refractivity contribution < 1.29 is 19.4 Å². The molecule has 2 aromatic carbocycles. The number of aromatic nitrogens is 4. The third-order valence-corrected chi connectivity index (χ3v) is 8.49. The van der Waals surface area contributed by atoms with Crippen LogP contribution in [0.2, 0.25) is 0 Å². The Bertz CT molecular complexity index is 2190. The standard InChI is InChI=1S/C38H32N6O4/c1-3-6-27(23-7-4-13-41-19-23)30(17-39)32-21-43-35-12-10-26(16-29(32)35)48-38(46)37(47-2)36(24-8-5-14-42-20-24)31(18-40)33-22-44-34-11-9-25(45)15-28(33)34/h4-5,7-16,19-22,27,30,37,43-45H,3,6H2,1-2H3/b36-31+. The number of hydrogen-bond acceptors (Lipinski definition) is 8. The molecule has 10 heteroatoms. The van der Waals surface area contributed by atoms with Gasteiger partial charge in [-0.2, -0.15) is 10.5 Å². The van der Waals surface area contributed by atoms with Crippen LogP contribution >= 0.6 is 0 Å². The summed E-state index contributed by atoms with van der Waals surface area (Å²) in [7, 11) is 1.37. The number of carbonyl (C=O) groups excluding carboxylic acids is 1. The Hall–Kier alpha value is -6.23. The van der Waals surface area contributed by atoms with Gasteiger partial charge < -0.3 is 24.5 Å². The Morgan fingerprint density at radius 3 is 2.40 bits per heavy atom.